The Kier molecular flexibility index (Phi) is 3.82. The van der Waals surface area contributed by atoms with Gasteiger partial charge in [-0.2, -0.15) is 0 Å². The highest BCUT2D eigenvalue weighted by atomic mass is 16.5. The fourth-order valence-electron chi connectivity index (χ4n) is 1.82. The quantitative estimate of drug-likeness (QED) is 0.896. The summed E-state index contributed by atoms with van der Waals surface area (Å²) in [6.07, 6.45) is -0.480. The zero-order valence-corrected chi connectivity index (χ0v) is 10.6. The van der Waals surface area contributed by atoms with Gasteiger partial charge in [0.2, 0.25) is 0 Å². The van der Waals surface area contributed by atoms with E-state index in [4.69, 9.17) is 4.74 Å². The number of fused-ring (bicyclic) bond motifs is 1. The maximum atomic E-state index is 11.6. The molecule has 0 aliphatic rings. The lowest BCUT2D eigenvalue weighted by atomic mass is 10.1. The number of hydrogen-bond acceptors (Lipinski definition) is 2. The SMILES string of the molecule is CCNC(=O)[C@@H](C)Oc1ccc2ccccc2c1. The predicted octanol–water partition coefficient (Wildman–Crippen LogP) is 2.74. The number of ether oxygens (including phenoxy) is 1. The Morgan fingerprint density at radius 1 is 1.22 bits per heavy atom. The average molecular weight is 243 g/mol. The molecule has 0 spiro atoms. The highest BCUT2D eigenvalue weighted by Gasteiger charge is 2.13. The molecule has 2 aromatic rings. The van der Waals surface area contributed by atoms with Crippen molar-refractivity contribution in [2.45, 2.75) is 20.0 Å². The molecule has 0 aliphatic carbocycles. The van der Waals surface area contributed by atoms with Gasteiger partial charge < -0.3 is 10.1 Å². The third-order valence-corrected chi connectivity index (χ3v) is 2.75. The number of nitrogens with one attached hydrogen (secondary N) is 1. The zero-order valence-electron chi connectivity index (χ0n) is 10.6. The van der Waals surface area contributed by atoms with Crippen molar-refractivity contribution < 1.29 is 9.53 Å². The minimum Gasteiger partial charge on any atom is -0.481 e. The van der Waals surface area contributed by atoms with E-state index in [0.717, 1.165) is 10.8 Å². The standard InChI is InChI=1S/C15H17NO2/c1-3-16-15(17)11(2)18-14-9-8-12-6-4-5-7-13(12)10-14/h4-11H,3H2,1-2H3,(H,16,17)/t11-/m1/s1. The van der Waals surface area contributed by atoms with Crippen molar-refractivity contribution in [2.24, 2.45) is 0 Å². The fraction of sp³-hybridized carbons (Fsp3) is 0.267. The monoisotopic (exact) mass is 243 g/mol. The highest BCUT2D eigenvalue weighted by molar-refractivity contribution is 5.84. The van der Waals surface area contributed by atoms with Crippen LogP contribution in [0, 0.1) is 0 Å². The topological polar surface area (TPSA) is 38.3 Å². The Balaban J connectivity index is 2.14. The lowest BCUT2D eigenvalue weighted by molar-refractivity contribution is -0.127. The van der Waals surface area contributed by atoms with Crippen LogP contribution in [0.4, 0.5) is 0 Å². The van der Waals surface area contributed by atoms with Crippen LogP contribution in [0.25, 0.3) is 10.8 Å². The molecule has 0 saturated heterocycles. The molecule has 0 saturated carbocycles. The summed E-state index contributed by atoms with van der Waals surface area (Å²) in [6, 6.07) is 13.9. The molecule has 94 valence electrons. The molecule has 1 N–H and O–H groups in total. The van der Waals surface area contributed by atoms with Crippen molar-refractivity contribution in [3.63, 3.8) is 0 Å². The smallest absolute Gasteiger partial charge is 0.260 e. The summed E-state index contributed by atoms with van der Waals surface area (Å²) in [4.78, 5) is 11.6. The second-order valence-corrected chi connectivity index (χ2v) is 4.16. The van der Waals surface area contributed by atoms with Gasteiger partial charge in [-0.05, 0) is 36.8 Å². The summed E-state index contributed by atoms with van der Waals surface area (Å²) in [5, 5.41) is 5.01. The summed E-state index contributed by atoms with van der Waals surface area (Å²) < 4.78 is 5.62. The van der Waals surface area contributed by atoms with Gasteiger partial charge in [0.25, 0.3) is 5.91 Å². The normalized spacial score (nSPS) is 12.1. The number of amides is 1. The number of carbonyl (C=O) groups is 1. The molecule has 0 heterocycles. The number of rotatable bonds is 4. The summed E-state index contributed by atoms with van der Waals surface area (Å²) in [5.74, 6) is 0.623. The average Bonchev–Trinajstić information content (AvgIpc) is 2.39. The fourth-order valence-corrected chi connectivity index (χ4v) is 1.82. The molecular formula is C15H17NO2. The summed E-state index contributed by atoms with van der Waals surface area (Å²) in [5.41, 5.74) is 0. The van der Waals surface area contributed by atoms with E-state index in [1.54, 1.807) is 6.92 Å². The van der Waals surface area contributed by atoms with Crippen molar-refractivity contribution in [1.82, 2.24) is 5.32 Å². The van der Waals surface area contributed by atoms with Crippen LogP contribution in [-0.4, -0.2) is 18.6 Å². The van der Waals surface area contributed by atoms with E-state index in [-0.39, 0.29) is 5.91 Å². The van der Waals surface area contributed by atoms with Gasteiger partial charge in [-0.3, -0.25) is 4.79 Å². The van der Waals surface area contributed by atoms with Crippen LogP contribution in [0.3, 0.4) is 0 Å². The van der Waals surface area contributed by atoms with Crippen LogP contribution in [0.2, 0.25) is 0 Å². The van der Waals surface area contributed by atoms with Crippen LogP contribution < -0.4 is 10.1 Å². The lowest BCUT2D eigenvalue weighted by Crippen LogP contribution is -2.36. The minimum atomic E-state index is -0.480. The first-order valence-corrected chi connectivity index (χ1v) is 6.14. The van der Waals surface area contributed by atoms with Crippen LogP contribution in [0.5, 0.6) is 5.75 Å². The van der Waals surface area contributed by atoms with Crippen molar-refractivity contribution in [3.05, 3.63) is 42.5 Å². The van der Waals surface area contributed by atoms with E-state index in [9.17, 15) is 4.79 Å². The molecule has 0 aromatic heterocycles. The van der Waals surface area contributed by atoms with Crippen LogP contribution in [0.1, 0.15) is 13.8 Å². The van der Waals surface area contributed by atoms with Crippen LogP contribution in [0.15, 0.2) is 42.5 Å². The van der Waals surface area contributed by atoms with Gasteiger partial charge in [-0.25, -0.2) is 0 Å². The number of carbonyl (C=O) groups excluding carboxylic acids is 1. The van der Waals surface area contributed by atoms with Crippen molar-refractivity contribution in [1.29, 1.82) is 0 Å². The third kappa shape index (κ3) is 2.80. The largest absolute Gasteiger partial charge is 0.481 e. The third-order valence-electron chi connectivity index (χ3n) is 2.75. The van der Waals surface area contributed by atoms with Gasteiger partial charge in [0.05, 0.1) is 0 Å². The molecule has 0 bridgehead atoms. The molecule has 3 nitrogen and oxygen atoms in total. The zero-order chi connectivity index (χ0) is 13.0. The molecular weight excluding hydrogens is 226 g/mol. The Bertz CT molecular complexity index is 551. The van der Waals surface area contributed by atoms with Gasteiger partial charge in [0.15, 0.2) is 6.10 Å². The molecule has 1 atom stereocenters. The Labute approximate surface area is 107 Å². The Morgan fingerprint density at radius 2 is 1.94 bits per heavy atom. The molecule has 0 radical (unpaired) electrons. The van der Waals surface area contributed by atoms with Crippen LogP contribution >= 0.6 is 0 Å². The first kappa shape index (κ1) is 12.4. The van der Waals surface area contributed by atoms with Gasteiger partial charge in [-0.1, -0.05) is 30.3 Å². The Morgan fingerprint density at radius 3 is 2.67 bits per heavy atom. The van der Waals surface area contributed by atoms with Crippen LogP contribution in [-0.2, 0) is 4.79 Å². The van der Waals surface area contributed by atoms with Gasteiger partial charge in [0, 0.05) is 6.54 Å². The van der Waals surface area contributed by atoms with Gasteiger partial charge in [-0.15, -0.1) is 0 Å². The van der Waals surface area contributed by atoms with Gasteiger partial charge in [0.1, 0.15) is 5.75 Å². The lowest BCUT2D eigenvalue weighted by Gasteiger charge is -2.14. The minimum absolute atomic E-state index is 0.0920. The van der Waals surface area contributed by atoms with Crippen molar-refractivity contribution in [2.75, 3.05) is 6.54 Å². The first-order valence-electron chi connectivity index (χ1n) is 6.14. The highest BCUT2D eigenvalue weighted by Crippen LogP contribution is 2.21. The Hall–Kier alpha value is -2.03. The molecule has 0 fully saturated rings. The van der Waals surface area contributed by atoms with Crippen molar-refractivity contribution >= 4 is 16.7 Å². The molecule has 1 amide bonds. The van der Waals surface area contributed by atoms with E-state index in [1.807, 2.05) is 49.4 Å². The van der Waals surface area contributed by atoms with E-state index >= 15 is 0 Å². The summed E-state index contributed by atoms with van der Waals surface area (Å²) in [6.45, 7) is 4.26. The number of hydrogen-bond donors (Lipinski definition) is 1. The molecule has 2 aromatic carbocycles. The van der Waals surface area contributed by atoms with E-state index in [2.05, 4.69) is 5.32 Å². The molecule has 0 aliphatic heterocycles. The van der Waals surface area contributed by atoms with Crippen molar-refractivity contribution in [3.8, 4) is 5.75 Å². The number of benzene rings is 2. The maximum Gasteiger partial charge on any atom is 0.260 e. The molecule has 2 rings (SSSR count). The maximum absolute atomic E-state index is 11.6. The molecule has 18 heavy (non-hydrogen) atoms. The number of likely N-dealkylation sites (N-methyl/N-ethyl adjacent to an activating group) is 1. The van der Waals surface area contributed by atoms with E-state index in [0.29, 0.717) is 12.3 Å². The summed E-state index contributed by atoms with van der Waals surface area (Å²) >= 11 is 0. The van der Waals surface area contributed by atoms with Gasteiger partial charge >= 0.3 is 0 Å². The second kappa shape index (κ2) is 5.54. The second-order valence-electron chi connectivity index (χ2n) is 4.16. The summed E-state index contributed by atoms with van der Waals surface area (Å²) in [7, 11) is 0. The molecule has 0 unspecified atom stereocenters. The first-order chi connectivity index (χ1) is 8.70. The van der Waals surface area contributed by atoms with E-state index in [1.165, 1.54) is 0 Å². The molecule has 3 heteroatoms. The predicted molar refractivity (Wildman–Crippen MR) is 72.7 cm³/mol. The van der Waals surface area contributed by atoms with E-state index < -0.39 is 6.10 Å².